The number of anilines is 1. The highest BCUT2D eigenvalue weighted by Gasteiger charge is 2.25. The lowest BCUT2D eigenvalue weighted by Gasteiger charge is -2.17. The minimum Gasteiger partial charge on any atom is -0.508 e. The standard InChI is InChI=1S/C21H15N3O5S/c1-23(14-5-7-16(25)8-6-14)21-22-20(26)19(30-21)12-17-9-10-18(29-17)13-3-2-4-15(11-13)24(27)28/h2-12,25H,1H3/b19-12-. The molecule has 0 unspecified atom stereocenters. The Morgan fingerprint density at radius 2 is 1.93 bits per heavy atom. The lowest BCUT2D eigenvalue weighted by molar-refractivity contribution is -0.384. The van der Waals surface area contributed by atoms with Gasteiger partial charge in [-0.15, -0.1) is 0 Å². The van der Waals surface area contributed by atoms with Crippen LogP contribution in [-0.4, -0.2) is 28.2 Å². The van der Waals surface area contributed by atoms with E-state index in [1.807, 2.05) is 0 Å². The molecule has 4 rings (SSSR count). The molecule has 0 fully saturated rings. The fourth-order valence-corrected chi connectivity index (χ4v) is 3.69. The van der Waals surface area contributed by atoms with E-state index in [9.17, 15) is 20.0 Å². The average Bonchev–Trinajstić information content (AvgIpc) is 3.35. The van der Waals surface area contributed by atoms with Crippen LogP contribution in [0.25, 0.3) is 17.4 Å². The third kappa shape index (κ3) is 3.96. The molecule has 2 heterocycles. The molecule has 1 amide bonds. The van der Waals surface area contributed by atoms with Crippen molar-refractivity contribution in [3.63, 3.8) is 0 Å². The maximum atomic E-state index is 12.3. The number of furan rings is 1. The van der Waals surface area contributed by atoms with Crippen molar-refractivity contribution in [2.24, 2.45) is 4.99 Å². The molecule has 0 saturated heterocycles. The van der Waals surface area contributed by atoms with E-state index >= 15 is 0 Å². The summed E-state index contributed by atoms with van der Waals surface area (Å²) in [5.41, 5.74) is 1.32. The zero-order valence-corrected chi connectivity index (χ0v) is 16.5. The number of nitro groups is 1. The smallest absolute Gasteiger partial charge is 0.286 e. The summed E-state index contributed by atoms with van der Waals surface area (Å²) in [5.74, 6) is 0.676. The van der Waals surface area contributed by atoms with Gasteiger partial charge in [-0.1, -0.05) is 12.1 Å². The second-order valence-electron chi connectivity index (χ2n) is 6.40. The van der Waals surface area contributed by atoms with Crippen LogP contribution in [0.15, 0.2) is 75.0 Å². The molecule has 1 N–H and O–H groups in total. The van der Waals surface area contributed by atoms with Gasteiger partial charge in [0, 0.05) is 36.5 Å². The van der Waals surface area contributed by atoms with Gasteiger partial charge >= 0.3 is 0 Å². The molecule has 1 aromatic heterocycles. The summed E-state index contributed by atoms with van der Waals surface area (Å²) in [7, 11) is 1.78. The number of nitrogens with zero attached hydrogens (tertiary/aromatic N) is 3. The fraction of sp³-hybridized carbons (Fsp3) is 0.0476. The van der Waals surface area contributed by atoms with Crippen molar-refractivity contribution in [1.29, 1.82) is 0 Å². The number of nitro benzene ring substituents is 1. The largest absolute Gasteiger partial charge is 0.508 e. The molecule has 0 spiro atoms. The molecule has 9 heteroatoms. The van der Waals surface area contributed by atoms with Gasteiger partial charge in [0.05, 0.1) is 9.83 Å². The van der Waals surface area contributed by atoms with Crippen molar-refractivity contribution in [2.75, 3.05) is 11.9 Å². The Bertz CT molecular complexity index is 1200. The van der Waals surface area contributed by atoms with E-state index in [4.69, 9.17) is 4.42 Å². The lowest BCUT2D eigenvalue weighted by atomic mass is 10.1. The zero-order chi connectivity index (χ0) is 21.3. The van der Waals surface area contributed by atoms with Crippen LogP contribution < -0.4 is 4.90 Å². The third-order valence-electron chi connectivity index (χ3n) is 4.37. The van der Waals surface area contributed by atoms with Gasteiger partial charge in [0.15, 0.2) is 5.17 Å². The number of non-ortho nitro benzene ring substituents is 1. The SMILES string of the molecule is CN(C1=NC(=O)/C(=C/c2ccc(-c3cccc([N+](=O)[O-])c3)o2)S1)c1ccc(O)cc1. The van der Waals surface area contributed by atoms with Gasteiger partial charge in [0.1, 0.15) is 17.3 Å². The van der Waals surface area contributed by atoms with Crippen LogP contribution in [0.3, 0.4) is 0 Å². The third-order valence-corrected chi connectivity index (χ3v) is 5.43. The number of benzene rings is 2. The highest BCUT2D eigenvalue weighted by atomic mass is 32.2. The number of phenolic OH excluding ortho intramolecular Hbond substituents is 1. The number of carbonyl (C=O) groups excluding carboxylic acids is 1. The molecule has 0 bridgehead atoms. The molecule has 8 nitrogen and oxygen atoms in total. The fourth-order valence-electron chi connectivity index (χ4n) is 2.82. The topological polar surface area (TPSA) is 109 Å². The van der Waals surface area contributed by atoms with E-state index < -0.39 is 4.92 Å². The summed E-state index contributed by atoms with van der Waals surface area (Å²) in [6, 6.07) is 16.1. The Morgan fingerprint density at radius 3 is 2.67 bits per heavy atom. The number of aliphatic imine (C=N–C) groups is 1. The molecule has 0 atom stereocenters. The maximum Gasteiger partial charge on any atom is 0.286 e. The summed E-state index contributed by atoms with van der Waals surface area (Å²) in [4.78, 5) is 29.0. The second-order valence-corrected chi connectivity index (χ2v) is 7.40. The summed E-state index contributed by atoms with van der Waals surface area (Å²) < 4.78 is 5.75. The summed E-state index contributed by atoms with van der Waals surface area (Å²) >= 11 is 1.21. The molecule has 0 aliphatic carbocycles. The predicted octanol–water partition coefficient (Wildman–Crippen LogP) is 4.67. The molecule has 1 aliphatic rings. The van der Waals surface area contributed by atoms with Crippen molar-refractivity contribution in [2.45, 2.75) is 0 Å². The van der Waals surface area contributed by atoms with Crippen LogP contribution in [0.2, 0.25) is 0 Å². The normalized spacial score (nSPS) is 14.8. The quantitative estimate of drug-likeness (QED) is 0.370. The van der Waals surface area contributed by atoms with Gasteiger partial charge in [0.2, 0.25) is 0 Å². The van der Waals surface area contributed by atoms with Crippen LogP contribution in [-0.2, 0) is 4.79 Å². The first kappa shape index (κ1) is 19.5. The van der Waals surface area contributed by atoms with E-state index in [0.717, 1.165) is 5.69 Å². The van der Waals surface area contributed by atoms with E-state index in [-0.39, 0.29) is 17.3 Å². The number of hydrogen-bond donors (Lipinski definition) is 1. The number of aromatic hydroxyl groups is 1. The van der Waals surface area contributed by atoms with Crippen LogP contribution in [0.5, 0.6) is 5.75 Å². The van der Waals surface area contributed by atoms with Crippen molar-refractivity contribution >= 4 is 40.3 Å². The summed E-state index contributed by atoms with van der Waals surface area (Å²) in [6.45, 7) is 0. The van der Waals surface area contributed by atoms with Crippen molar-refractivity contribution in [1.82, 2.24) is 0 Å². The minimum absolute atomic E-state index is 0.0272. The highest BCUT2D eigenvalue weighted by Crippen LogP contribution is 2.33. The van der Waals surface area contributed by atoms with Crippen LogP contribution >= 0.6 is 11.8 Å². The molecule has 1 aliphatic heterocycles. The Labute approximate surface area is 175 Å². The molecular weight excluding hydrogens is 406 g/mol. The zero-order valence-electron chi connectivity index (χ0n) is 15.7. The highest BCUT2D eigenvalue weighted by molar-refractivity contribution is 8.18. The van der Waals surface area contributed by atoms with Gasteiger partial charge in [-0.3, -0.25) is 14.9 Å². The Morgan fingerprint density at radius 1 is 1.17 bits per heavy atom. The van der Waals surface area contributed by atoms with Gasteiger partial charge in [-0.05, 0) is 48.2 Å². The van der Waals surface area contributed by atoms with Crippen LogP contribution in [0.1, 0.15) is 5.76 Å². The number of amides is 1. The summed E-state index contributed by atoms with van der Waals surface area (Å²) in [6.07, 6.45) is 1.59. The maximum absolute atomic E-state index is 12.3. The number of carbonyl (C=O) groups is 1. The molecule has 2 aromatic carbocycles. The van der Waals surface area contributed by atoms with Crippen molar-refractivity contribution in [3.8, 4) is 17.1 Å². The van der Waals surface area contributed by atoms with Crippen LogP contribution in [0.4, 0.5) is 11.4 Å². The lowest BCUT2D eigenvalue weighted by Crippen LogP contribution is -2.21. The van der Waals surface area contributed by atoms with Gasteiger partial charge in [-0.2, -0.15) is 4.99 Å². The first-order chi connectivity index (χ1) is 14.4. The Hall–Kier alpha value is -3.85. The average molecular weight is 421 g/mol. The van der Waals surface area contributed by atoms with E-state index in [0.29, 0.717) is 27.2 Å². The first-order valence-corrected chi connectivity index (χ1v) is 9.62. The number of phenols is 1. The molecule has 150 valence electrons. The molecule has 0 radical (unpaired) electrons. The van der Waals surface area contributed by atoms with Gasteiger partial charge in [-0.25, -0.2) is 0 Å². The molecular formula is C21H15N3O5S. The Balaban J connectivity index is 1.53. The van der Waals surface area contributed by atoms with E-state index in [2.05, 4.69) is 4.99 Å². The minimum atomic E-state index is -0.466. The van der Waals surface area contributed by atoms with Crippen molar-refractivity contribution in [3.05, 3.63) is 81.4 Å². The number of amidine groups is 1. The first-order valence-electron chi connectivity index (χ1n) is 8.81. The second kappa shape index (κ2) is 7.88. The van der Waals surface area contributed by atoms with E-state index in [1.165, 1.54) is 23.9 Å². The van der Waals surface area contributed by atoms with Crippen molar-refractivity contribution < 1.29 is 19.2 Å². The van der Waals surface area contributed by atoms with Crippen LogP contribution in [0, 0.1) is 10.1 Å². The Kier molecular flexibility index (Phi) is 5.11. The van der Waals surface area contributed by atoms with E-state index in [1.54, 1.807) is 66.6 Å². The predicted molar refractivity (Wildman–Crippen MR) is 115 cm³/mol. The summed E-state index contributed by atoms with van der Waals surface area (Å²) in [5, 5.41) is 20.9. The molecule has 3 aromatic rings. The number of thioether (sulfide) groups is 1. The molecule has 30 heavy (non-hydrogen) atoms. The number of rotatable bonds is 4. The van der Waals surface area contributed by atoms with Gasteiger partial charge < -0.3 is 14.4 Å². The van der Waals surface area contributed by atoms with Gasteiger partial charge in [0.25, 0.3) is 11.6 Å². The number of hydrogen-bond acceptors (Lipinski definition) is 7. The molecule has 0 saturated carbocycles. The monoisotopic (exact) mass is 421 g/mol.